The summed E-state index contributed by atoms with van der Waals surface area (Å²) in [6.07, 6.45) is 0. The first-order chi connectivity index (χ1) is 9.08. The highest BCUT2D eigenvalue weighted by Gasteiger charge is 2.11. The van der Waals surface area contributed by atoms with E-state index in [4.69, 9.17) is 16.3 Å². The van der Waals surface area contributed by atoms with Gasteiger partial charge in [0.05, 0.1) is 0 Å². The van der Waals surface area contributed by atoms with E-state index in [0.717, 1.165) is 21.9 Å². The van der Waals surface area contributed by atoms with Crippen molar-refractivity contribution in [3.63, 3.8) is 0 Å². The van der Waals surface area contributed by atoms with E-state index in [1.165, 1.54) is 5.56 Å². The van der Waals surface area contributed by atoms with Gasteiger partial charge < -0.3 is 4.74 Å². The Morgan fingerprint density at radius 1 is 1.11 bits per heavy atom. The lowest BCUT2D eigenvalue weighted by atomic mass is 10.0. The monoisotopic (exact) mass is 274 g/mol. The third-order valence-corrected chi connectivity index (χ3v) is 3.56. The van der Waals surface area contributed by atoms with Crippen molar-refractivity contribution in [3.05, 3.63) is 64.2 Å². The van der Waals surface area contributed by atoms with E-state index in [1.807, 2.05) is 37.3 Å². The second-order valence-electron chi connectivity index (χ2n) is 5.07. The van der Waals surface area contributed by atoms with Gasteiger partial charge in [0, 0.05) is 5.02 Å². The van der Waals surface area contributed by atoms with Gasteiger partial charge >= 0.3 is 0 Å². The van der Waals surface area contributed by atoms with Gasteiger partial charge in [-0.15, -0.1) is 0 Å². The molecule has 2 rings (SSSR count). The molecule has 0 aliphatic rings. The predicted octanol–water partition coefficient (Wildman–Crippen LogP) is 5.35. The van der Waals surface area contributed by atoms with Gasteiger partial charge in [0.1, 0.15) is 12.4 Å². The molecule has 0 atom stereocenters. The van der Waals surface area contributed by atoms with Crippen LogP contribution >= 0.6 is 11.6 Å². The van der Waals surface area contributed by atoms with Gasteiger partial charge in [0.15, 0.2) is 0 Å². The number of ether oxygens (including phenoxy) is 1. The maximum absolute atomic E-state index is 6.19. The third kappa shape index (κ3) is 3.51. The molecule has 0 saturated heterocycles. The topological polar surface area (TPSA) is 9.23 Å². The van der Waals surface area contributed by atoms with Crippen molar-refractivity contribution in [1.82, 2.24) is 0 Å². The summed E-state index contributed by atoms with van der Waals surface area (Å²) in [4.78, 5) is 0. The van der Waals surface area contributed by atoms with Gasteiger partial charge in [-0.2, -0.15) is 0 Å². The first-order valence-electron chi connectivity index (χ1n) is 6.54. The first-order valence-corrected chi connectivity index (χ1v) is 6.92. The van der Waals surface area contributed by atoms with Crippen molar-refractivity contribution in [2.75, 3.05) is 0 Å². The maximum atomic E-state index is 6.19. The van der Waals surface area contributed by atoms with Gasteiger partial charge in [-0.25, -0.2) is 0 Å². The Balaban J connectivity index is 2.22. The van der Waals surface area contributed by atoms with Crippen LogP contribution in [0.25, 0.3) is 0 Å². The van der Waals surface area contributed by atoms with E-state index < -0.39 is 0 Å². The Bertz CT molecular complexity index is 547. The third-order valence-electron chi connectivity index (χ3n) is 3.15. The zero-order chi connectivity index (χ0) is 13.8. The standard InChI is InChI=1S/C17H19ClO/c1-12(2)15-10-16(18)13(3)9-17(15)19-11-14-7-5-4-6-8-14/h4-10,12H,11H2,1-3H3. The minimum atomic E-state index is 0.392. The molecule has 0 fully saturated rings. The molecule has 0 unspecified atom stereocenters. The summed E-state index contributed by atoms with van der Waals surface area (Å²) in [6.45, 7) is 6.89. The summed E-state index contributed by atoms with van der Waals surface area (Å²) < 4.78 is 5.96. The molecule has 0 aromatic heterocycles. The molecule has 19 heavy (non-hydrogen) atoms. The van der Waals surface area contributed by atoms with Crippen molar-refractivity contribution < 1.29 is 4.74 Å². The molecule has 1 nitrogen and oxygen atoms in total. The molecule has 0 aliphatic heterocycles. The Kier molecular flexibility index (Phi) is 4.49. The van der Waals surface area contributed by atoms with E-state index in [1.54, 1.807) is 0 Å². The van der Waals surface area contributed by atoms with Crippen LogP contribution in [0.4, 0.5) is 0 Å². The van der Waals surface area contributed by atoms with Crippen LogP contribution in [0.5, 0.6) is 5.75 Å². The normalized spacial score (nSPS) is 10.8. The molecule has 2 aromatic carbocycles. The highest BCUT2D eigenvalue weighted by atomic mass is 35.5. The van der Waals surface area contributed by atoms with E-state index in [2.05, 4.69) is 26.0 Å². The molecule has 0 amide bonds. The van der Waals surface area contributed by atoms with Gasteiger partial charge in [0.2, 0.25) is 0 Å². The zero-order valence-corrected chi connectivity index (χ0v) is 12.4. The highest BCUT2D eigenvalue weighted by molar-refractivity contribution is 6.31. The number of hydrogen-bond acceptors (Lipinski definition) is 1. The maximum Gasteiger partial charge on any atom is 0.123 e. The van der Waals surface area contributed by atoms with Crippen LogP contribution in [0.3, 0.4) is 0 Å². The molecule has 2 aromatic rings. The molecule has 2 heteroatoms. The highest BCUT2D eigenvalue weighted by Crippen LogP contribution is 2.32. The van der Waals surface area contributed by atoms with Crippen molar-refractivity contribution >= 4 is 11.6 Å². The zero-order valence-electron chi connectivity index (χ0n) is 11.6. The number of halogens is 1. The smallest absolute Gasteiger partial charge is 0.123 e. The van der Waals surface area contributed by atoms with Crippen LogP contribution in [0.15, 0.2) is 42.5 Å². The molecular formula is C17H19ClO. The van der Waals surface area contributed by atoms with Gasteiger partial charge in [0.25, 0.3) is 0 Å². The van der Waals surface area contributed by atoms with Crippen LogP contribution in [0.1, 0.15) is 36.5 Å². The van der Waals surface area contributed by atoms with E-state index in [-0.39, 0.29) is 0 Å². The molecular weight excluding hydrogens is 256 g/mol. The average Bonchev–Trinajstić information content (AvgIpc) is 2.40. The molecule has 0 saturated carbocycles. The van der Waals surface area contributed by atoms with Crippen LogP contribution in [-0.4, -0.2) is 0 Å². The van der Waals surface area contributed by atoms with Crippen molar-refractivity contribution in [3.8, 4) is 5.75 Å². The lowest BCUT2D eigenvalue weighted by molar-refractivity contribution is 0.301. The van der Waals surface area contributed by atoms with Gasteiger partial charge in [-0.05, 0) is 41.7 Å². The molecule has 0 bridgehead atoms. The molecule has 0 spiro atoms. The van der Waals surface area contributed by atoms with Crippen LogP contribution in [0, 0.1) is 6.92 Å². The minimum absolute atomic E-state index is 0.392. The van der Waals surface area contributed by atoms with E-state index >= 15 is 0 Å². The summed E-state index contributed by atoms with van der Waals surface area (Å²) in [7, 11) is 0. The summed E-state index contributed by atoms with van der Waals surface area (Å²) in [5.41, 5.74) is 3.38. The largest absolute Gasteiger partial charge is 0.489 e. The number of hydrogen-bond donors (Lipinski definition) is 0. The van der Waals surface area contributed by atoms with E-state index in [9.17, 15) is 0 Å². The van der Waals surface area contributed by atoms with E-state index in [0.29, 0.717) is 12.5 Å². The number of benzene rings is 2. The van der Waals surface area contributed by atoms with Crippen molar-refractivity contribution in [2.24, 2.45) is 0 Å². The van der Waals surface area contributed by atoms with Crippen LogP contribution in [0.2, 0.25) is 5.02 Å². The van der Waals surface area contributed by atoms with Crippen LogP contribution < -0.4 is 4.74 Å². The Morgan fingerprint density at radius 2 is 1.79 bits per heavy atom. The fraction of sp³-hybridized carbons (Fsp3) is 0.294. The molecule has 100 valence electrons. The van der Waals surface area contributed by atoms with Crippen molar-refractivity contribution in [2.45, 2.75) is 33.3 Å². The molecule has 0 aliphatic carbocycles. The minimum Gasteiger partial charge on any atom is -0.489 e. The second-order valence-corrected chi connectivity index (χ2v) is 5.48. The lowest BCUT2D eigenvalue weighted by Crippen LogP contribution is -2.00. The Labute approximate surface area is 120 Å². The molecule has 0 heterocycles. The summed E-state index contributed by atoms with van der Waals surface area (Å²) >= 11 is 6.19. The summed E-state index contributed by atoms with van der Waals surface area (Å²) in [6, 6.07) is 14.2. The van der Waals surface area contributed by atoms with Crippen LogP contribution in [-0.2, 0) is 6.61 Å². The summed E-state index contributed by atoms with van der Waals surface area (Å²) in [5.74, 6) is 1.32. The molecule has 0 N–H and O–H groups in total. The Morgan fingerprint density at radius 3 is 2.42 bits per heavy atom. The lowest BCUT2D eigenvalue weighted by Gasteiger charge is -2.16. The average molecular weight is 275 g/mol. The molecule has 0 radical (unpaired) electrons. The first kappa shape index (κ1) is 14.0. The Hall–Kier alpha value is -1.47. The quantitative estimate of drug-likeness (QED) is 0.730. The fourth-order valence-electron chi connectivity index (χ4n) is 1.98. The summed E-state index contributed by atoms with van der Waals surface area (Å²) in [5, 5.41) is 0.802. The number of rotatable bonds is 4. The predicted molar refractivity (Wildman–Crippen MR) is 81.1 cm³/mol. The SMILES string of the molecule is Cc1cc(OCc2ccccc2)c(C(C)C)cc1Cl. The van der Waals surface area contributed by atoms with Crippen molar-refractivity contribution in [1.29, 1.82) is 0 Å². The fourth-order valence-corrected chi connectivity index (χ4v) is 2.15. The van der Waals surface area contributed by atoms with Gasteiger partial charge in [-0.3, -0.25) is 0 Å². The van der Waals surface area contributed by atoms with Gasteiger partial charge in [-0.1, -0.05) is 55.8 Å². The second kappa shape index (κ2) is 6.12. The number of aryl methyl sites for hydroxylation is 1.